The van der Waals surface area contributed by atoms with Crippen LogP contribution in [0, 0.1) is 0 Å². The van der Waals surface area contributed by atoms with Crippen LogP contribution in [0.2, 0.25) is 0 Å². The van der Waals surface area contributed by atoms with E-state index in [2.05, 4.69) is 15.0 Å². The minimum absolute atomic E-state index is 0.0489. The molecule has 8 nitrogen and oxygen atoms in total. The van der Waals surface area contributed by atoms with Gasteiger partial charge in [0.25, 0.3) is 0 Å². The van der Waals surface area contributed by atoms with Crippen molar-refractivity contribution in [3.63, 3.8) is 0 Å². The fourth-order valence-electron chi connectivity index (χ4n) is 3.50. The Morgan fingerprint density at radius 3 is 2.96 bits per heavy atom. The minimum Gasteiger partial charge on any atom is -0.480 e. The Bertz CT molecular complexity index is 1130. The highest BCUT2D eigenvalue weighted by Gasteiger charge is 2.34. The van der Waals surface area contributed by atoms with Crippen LogP contribution in [0.4, 0.5) is 0 Å². The Labute approximate surface area is 162 Å². The van der Waals surface area contributed by atoms with Crippen LogP contribution < -0.4 is 4.74 Å². The van der Waals surface area contributed by atoms with E-state index in [0.717, 1.165) is 22.8 Å². The second-order valence-corrected chi connectivity index (χ2v) is 8.94. The number of aldehydes is 1. The summed E-state index contributed by atoms with van der Waals surface area (Å²) in [4.78, 5) is 25.0. The SMILES string of the molecule is COc1nc2ccccc2cc1-c1cnc(C2CS(=O)(=O)CCN2CC=O)[nH]1. The van der Waals surface area contributed by atoms with Crippen LogP contribution in [0.5, 0.6) is 5.88 Å². The number of sulfone groups is 1. The number of ether oxygens (including phenoxy) is 1. The molecule has 146 valence electrons. The molecule has 28 heavy (non-hydrogen) atoms. The van der Waals surface area contributed by atoms with E-state index in [1.54, 1.807) is 13.3 Å². The number of para-hydroxylation sites is 1. The first-order valence-electron chi connectivity index (χ1n) is 8.88. The molecule has 0 aliphatic carbocycles. The van der Waals surface area contributed by atoms with E-state index in [-0.39, 0.29) is 18.1 Å². The Kier molecular flexibility index (Phi) is 4.86. The molecule has 1 fully saturated rings. The number of aromatic amines is 1. The standard InChI is InChI=1S/C19H20N4O4S/c1-27-19-14(10-13-4-2-3-5-15(13)22-19)16-11-20-18(21-16)17-12-28(25,26)9-7-23(17)6-8-24/h2-5,8,10-11,17H,6-7,9,12H2,1H3,(H,20,21). The lowest BCUT2D eigenvalue weighted by molar-refractivity contribution is -0.109. The fraction of sp³-hybridized carbons (Fsp3) is 0.316. The summed E-state index contributed by atoms with van der Waals surface area (Å²) < 4.78 is 29.7. The summed E-state index contributed by atoms with van der Waals surface area (Å²) in [6.07, 6.45) is 2.43. The first-order valence-corrected chi connectivity index (χ1v) is 10.7. The number of H-pyrrole nitrogens is 1. The van der Waals surface area contributed by atoms with Gasteiger partial charge in [-0.1, -0.05) is 18.2 Å². The largest absolute Gasteiger partial charge is 0.480 e. The Morgan fingerprint density at radius 1 is 1.36 bits per heavy atom. The van der Waals surface area contributed by atoms with Gasteiger partial charge in [-0.2, -0.15) is 0 Å². The van der Waals surface area contributed by atoms with Gasteiger partial charge in [-0.3, -0.25) is 4.90 Å². The molecule has 0 bridgehead atoms. The van der Waals surface area contributed by atoms with E-state index in [1.165, 1.54) is 0 Å². The maximum atomic E-state index is 12.1. The Balaban J connectivity index is 1.74. The Hall–Kier alpha value is -2.78. The molecule has 1 saturated heterocycles. The third-order valence-electron chi connectivity index (χ3n) is 4.93. The zero-order valence-corrected chi connectivity index (χ0v) is 16.1. The highest BCUT2D eigenvalue weighted by molar-refractivity contribution is 7.91. The molecular weight excluding hydrogens is 380 g/mol. The maximum absolute atomic E-state index is 12.1. The van der Waals surface area contributed by atoms with Crippen LogP contribution in [-0.4, -0.2) is 66.3 Å². The quantitative estimate of drug-likeness (QED) is 0.649. The van der Waals surface area contributed by atoms with Gasteiger partial charge in [-0.05, 0) is 12.1 Å². The molecule has 3 heterocycles. The molecule has 1 atom stereocenters. The highest BCUT2D eigenvalue weighted by Crippen LogP contribution is 2.32. The minimum atomic E-state index is -3.18. The third kappa shape index (κ3) is 3.50. The van der Waals surface area contributed by atoms with Gasteiger partial charge in [0.15, 0.2) is 9.84 Å². The molecule has 2 aromatic heterocycles. The zero-order chi connectivity index (χ0) is 19.7. The van der Waals surface area contributed by atoms with E-state index in [4.69, 9.17) is 4.74 Å². The zero-order valence-electron chi connectivity index (χ0n) is 15.3. The van der Waals surface area contributed by atoms with Gasteiger partial charge in [-0.15, -0.1) is 0 Å². The van der Waals surface area contributed by atoms with Crippen LogP contribution in [0.15, 0.2) is 36.5 Å². The molecule has 0 spiro atoms. The van der Waals surface area contributed by atoms with E-state index < -0.39 is 15.9 Å². The van der Waals surface area contributed by atoms with Gasteiger partial charge in [0.1, 0.15) is 12.1 Å². The monoisotopic (exact) mass is 400 g/mol. The molecule has 0 amide bonds. The lowest BCUT2D eigenvalue weighted by atomic mass is 10.1. The van der Waals surface area contributed by atoms with Crippen molar-refractivity contribution in [2.45, 2.75) is 6.04 Å². The molecule has 1 aliphatic heterocycles. The van der Waals surface area contributed by atoms with E-state index in [1.807, 2.05) is 35.2 Å². The number of hydrogen-bond donors (Lipinski definition) is 1. The van der Waals surface area contributed by atoms with Gasteiger partial charge in [0.05, 0.1) is 54.2 Å². The number of rotatable bonds is 5. The van der Waals surface area contributed by atoms with E-state index in [0.29, 0.717) is 23.9 Å². The van der Waals surface area contributed by atoms with Crippen molar-refractivity contribution in [3.8, 4) is 17.1 Å². The lowest BCUT2D eigenvalue weighted by Gasteiger charge is -2.32. The number of nitrogens with one attached hydrogen (secondary N) is 1. The van der Waals surface area contributed by atoms with Crippen molar-refractivity contribution in [2.75, 3.05) is 31.7 Å². The normalized spacial score (nSPS) is 19.5. The topological polar surface area (TPSA) is 105 Å². The smallest absolute Gasteiger partial charge is 0.223 e. The summed E-state index contributed by atoms with van der Waals surface area (Å²) in [5, 5.41) is 0.956. The van der Waals surface area contributed by atoms with Crippen molar-refractivity contribution in [1.29, 1.82) is 0 Å². The summed E-state index contributed by atoms with van der Waals surface area (Å²) >= 11 is 0. The van der Waals surface area contributed by atoms with Gasteiger partial charge in [0, 0.05) is 11.9 Å². The average Bonchev–Trinajstić information content (AvgIpc) is 3.18. The average molecular weight is 400 g/mol. The number of fused-ring (bicyclic) bond motifs is 1. The summed E-state index contributed by atoms with van der Waals surface area (Å²) in [6, 6.07) is 9.18. The summed E-state index contributed by atoms with van der Waals surface area (Å²) in [7, 11) is -1.63. The first kappa shape index (κ1) is 18.6. The van der Waals surface area contributed by atoms with Crippen LogP contribution in [0.1, 0.15) is 11.9 Å². The molecule has 1 aliphatic rings. The number of aromatic nitrogens is 3. The molecule has 1 unspecified atom stereocenters. The molecule has 9 heteroatoms. The van der Waals surface area contributed by atoms with Crippen molar-refractivity contribution >= 4 is 27.0 Å². The number of benzene rings is 1. The molecule has 3 aromatic rings. The first-order chi connectivity index (χ1) is 13.5. The fourth-order valence-corrected chi connectivity index (χ4v) is 5.03. The Morgan fingerprint density at radius 2 is 2.18 bits per heavy atom. The molecule has 1 aromatic carbocycles. The number of carbonyl (C=O) groups is 1. The van der Waals surface area contributed by atoms with Crippen molar-refractivity contribution in [2.24, 2.45) is 0 Å². The predicted molar refractivity (Wildman–Crippen MR) is 105 cm³/mol. The van der Waals surface area contributed by atoms with Crippen molar-refractivity contribution in [1.82, 2.24) is 19.9 Å². The van der Waals surface area contributed by atoms with Crippen LogP contribution >= 0.6 is 0 Å². The second-order valence-electron chi connectivity index (χ2n) is 6.71. The van der Waals surface area contributed by atoms with E-state index in [9.17, 15) is 13.2 Å². The van der Waals surface area contributed by atoms with Crippen molar-refractivity contribution < 1.29 is 17.9 Å². The highest BCUT2D eigenvalue weighted by atomic mass is 32.2. The van der Waals surface area contributed by atoms with Crippen LogP contribution in [0.25, 0.3) is 22.2 Å². The second kappa shape index (κ2) is 7.33. The number of nitrogens with zero attached hydrogens (tertiary/aromatic N) is 3. The summed E-state index contributed by atoms with van der Waals surface area (Å²) in [5.74, 6) is 0.944. The lowest BCUT2D eigenvalue weighted by Crippen LogP contribution is -2.44. The number of carbonyl (C=O) groups excluding carboxylic acids is 1. The van der Waals surface area contributed by atoms with Crippen LogP contribution in [-0.2, 0) is 14.6 Å². The van der Waals surface area contributed by atoms with Gasteiger partial charge >= 0.3 is 0 Å². The summed E-state index contributed by atoms with van der Waals surface area (Å²) in [5.41, 5.74) is 2.23. The molecule has 4 rings (SSSR count). The number of imidazole rings is 1. The molecule has 0 radical (unpaired) electrons. The van der Waals surface area contributed by atoms with E-state index >= 15 is 0 Å². The third-order valence-corrected chi connectivity index (χ3v) is 6.56. The maximum Gasteiger partial charge on any atom is 0.223 e. The van der Waals surface area contributed by atoms with Crippen LogP contribution in [0.3, 0.4) is 0 Å². The molecular formula is C19H20N4O4S. The molecule has 1 N–H and O–H groups in total. The molecule has 0 saturated carbocycles. The number of methoxy groups -OCH3 is 1. The number of hydrogen-bond acceptors (Lipinski definition) is 7. The summed E-state index contributed by atoms with van der Waals surface area (Å²) in [6.45, 7) is 0.472. The van der Waals surface area contributed by atoms with Gasteiger partial charge in [-0.25, -0.2) is 18.4 Å². The van der Waals surface area contributed by atoms with Crippen molar-refractivity contribution in [3.05, 3.63) is 42.4 Å². The van der Waals surface area contributed by atoms with Gasteiger partial charge < -0.3 is 14.5 Å². The van der Waals surface area contributed by atoms with Gasteiger partial charge in [0.2, 0.25) is 5.88 Å². The number of pyridine rings is 1. The predicted octanol–water partition coefficient (Wildman–Crippen LogP) is 1.60.